The van der Waals surface area contributed by atoms with Crippen LogP contribution < -0.4 is 10.9 Å². The van der Waals surface area contributed by atoms with Crippen LogP contribution in [0.2, 0.25) is 0 Å². The Hall–Kier alpha value is -4.77. The smallest absolute Gasteiger partial charge is 0.335 e. The zero-order chi connectivity index (χ0) is 27.8. The van der Waals surface area contributed by atoms with Crippen molar-refractivity contribution in [1.82, 2.24) is 24.2 Å². The number of rotatable bonds is 7. The summed E-state index contributed by atoms with van der Waals surface area (Å²) in [5.74, 6) is -0.475. The van der Waals surface area contributed by atoms with Crippen molar-refractivity contribution in [2.75, 3.05) is 18.4 Å². The summed E-state index contributed by atoms with van der Waals surface area (Å²) < 4.78 is 16.1. The monoisotopic (exact) mass is 542 g/mol. The van der Waals surface area contributed by atoms with E-state index in [1.165, 1.54) is 30.3 Å². The van der Waals surface area contributed by atoms with Gasteiger partial charge in [0, 0.05) is 19.1 Å². The molecule has 0 amide bonds. The molecule has 0 spiro atoms. The highest BCUT2D eigenvalue weighted by Crippen LogP contribution is 2.24. The Kier molecular flexibility index (Phi) is 6.64. The van der Waals surface area contributed by atoms with Crippen molar-refractivity contribution in [2.45, 2.75) is 32.0 Å². The molecule has 11 heteroatoms. The molecule has 0 atom stereocenters. The molecule has 3 N–H and O–H groups in total. The average molecular weight is 543 g/mol. The van der Waals surface area contributed by atoms with E-state index in [2.05, 4.69) is 19.8 Å². The van der Waals surface area contributed by atoms with E-state index in [1.807, 2.05) is 24.3 Å². The standard InChI is InChI=1S/C29H27FN6O4/c30-20-8-5-18(6-9-20)16-35-25-4-2-1-3-23(25)33-29(35)31-21-11-13-34(14-12-21)17-26-32-24-15-19(28(38)39)7-10-22(24)27(37)36(26)40/h1-10,15,21,40H,11-14,16-17H2,(H,31,33)(H,38,39). The van der Waals surface area contributed by atoms with Gasteiger partial charge in [-0.1, -0.05) is 24.3 Å². The van der Waals surface area contributed by atoms with E-state index >= 15 is 0 Å². The van der Waals surface area contributed by atoms with Crippen molar-refractivity contribution in [3.05, 3.63) is 99.9 Å². The van der Waals surface area contributed by atoms with Crippen LogP contribution >= 0.6 is 0 Å². The number of aromatic carboxylic acids is 1. The third-order valence-electron chi connectivity index (χ3n) is 7.36. The van der Waals surface area contributed by atoms with E-state index in [0.29, 0.717) is 24.4 Å². The Labute approximate surface area is 227 Å². The number of halogens is 1. The number of anilines is 1. The van der Waals surface area contributed by atoms with Crippen LogP contribution in [0.3, 0.4) is 0 Å². The maximum Gasteiger partial charge on any atom is 0.335 e. The first-order valence-electron chi connectivity index (χ1n) is 13.0. The highest BCUT2D eigenvalue weighted by atomic mass is 19.1. The summed E-state index contributed by atoms with van der Waals surface area (Å²) in [6.07, 6.45) is 1.60. The molecule has 204 valence electrons. The molecule has 0 bridgehead atoms. The zero-order valence-corrected chi connectivity index (χ0v) is 21.5. The first kappa shape index (κ1) is 25.5. The van der Waals surface area contributed by atoms with Crippen molar-refractivity contribution in [2.24, 2.45) is 0 Å². The van der Waals surface area contributed by atoms with Crippen LogP contribution in [0, 0.1) is 5.82 Å². The first-order valence-corrected chi connectivity index (χ1v) is 13.0. The number of carbonyl (C=O) groups is 1. The largest absolute Gasteiger partial charge is 0.478 e. The topological polar surface area (TPSA) is 126 Å². The van der Waals surface area contributed by atoms with Gasteiger partial charge in [0.2, 0.25) is 5.95 Å². The number of para-hydroxylation sites is 2. The number of aromatic nitrogens is 4. The minimum atomic E-state index is -1.11. The van der Waals surface area contributed by atoms with Crippen molar-refractivity contribution >= 4 is 33.9 Å². The summed E-state index contributed by atoms with van der Waals surface area (Å²) in [4.78, 5) is 35.3. The zero-order valence-electron chi connectivity index (χ0n) is 21.5. The van der Waals surface area contributed by atoms with Crippen molar-refractivity contribution in [3.63, 3.8) is 0 Å². The summed E-state index contributed by atoms with van der Waals surface area (Å²) >= 11 is 0. The summed E-state index contributed by atoms with van der Waals surface area (Å²) in [6, 6.07) is 18.5. The van der Waals surface area contributed by atoms with Gasteiger partial charge >= 0.3 is 5.97 Å². The van der Waals surface area contributed by atoms with E-state index < -0.39 is 11.5 Å². The molecule has 2 aromatic heterocycles. The number of fused-ring (bicyclic) bond motifs is 2. The van der Waals surface area contributed by atoms with Gasteiger partial charge in [-0.15, -0.1) is 4.73 Å². The second-order valence-electron chi connectivity index (χ2n) is 10.0. The quantitative estimate of drug-likeness (QED) is 0.264. The van der Waals surface area contributed by atoms with Gasteiger partial charge in [-0.2, -0.15) is 0 Å². The number of piperidine rings is 1. The van der Waals surface area contributed by atoms with Crippen LogP contribution in [0.1, 0.15) is 34.6 Å². The summed E-state index contributed by atoms with van der Waals surface area (Å²) in [7, 11) is 0. The van der Waals surface area contributed by atoms with Gasteiger partial charge in [-0.25, -0.2) is 19.2 Å². The SMILES string of the molecule is O=C(O)c1ccc2c(=O)n(O)c(CN3CCC(Nc4nc5ccccc5n4Cc4ccc(F)cc4)CC3)nc2c1. The lowest BCUT2D eigenvalue weighted by atomic mass is 10.1. The van der Waals surface area contributed by atoms with Crippen molar-refractivity contribution in [1.29, 1.82) is 0 Å². The molecule has 0 unspecified atom stereocenters. The van der Waals surface area contributed by atoms with Crippen LogP contribution in [0.5, 0.6) is 0 Å². The fourth-order valence-corrected chi connectivity index (χ4v) is 5.19. The molecule has 10 nitrogen and oxygen atoms in total. The van der Waals surface area contributed by atoms with E-state index in [1.54, 1.807) is 12.1 Å². The van der Waals surface area contributed by atoms with Crippen LogP contribution in [-0.4, -0.2) is 59.6 Å². The highest BCUT2D eigenvalue weighted by molar-refractivity contribution is 5.92. The van der Waals surface area contributed by atoms with Crippen LogP contribution in [0.15, 0.2) is 71.5 Å². The number of hydrogen-bond donors (Lipinski definition) is 3. The second kappa shape index (κ2) is 10.4. The molecule has 3 heterocycles. The predicted octanol–water partition coefficient (Wildman–Crippen LogP) is 3.95. The number of nitrogens with zero attached hydrogens (tertiary/aromatic N) is 5. The Morgan fingerprint density at radius 3 is 2.48 bits per heavy atom. The van der Waals surface area contributed by atoms with Crippen LogP contribution in [-0.2, 0) is 13.1 Å². The number of carboxylic acid groups (broad SMARTS) is 1. The molecular formula is C29H27FN6O4. The van der Waals surface area contributed by atoms with Gasteiger partial charge in [-0.3, -0.25) is 9.69 Å². The van der Waals surface area contributed by atoms with E-state index in [-0.39, 0.29) is 40.7 Å². The number of likely N-dealkylation sites (tertiary alicyclic amines) is 1. The fourth-order valence-electron chi connectivity index (χ4n) is 5.19. The normalized spacial score (nSPS) is 14.6. The molecule has 0 saturated carbocycles. The third-order valence-corrected chi connectivity index (χ3v) is 7.36. The van der Waals surface area contributed by atoms with Gasteiger partial charge in [0.05, 0.1) is 40.6 Å². The lowest BCUT2D eigenvalue weighted by molar-refractivity contribution is 0.0697. The fraction of sp³-hybridized carbons (Fsp3) is 0.241. The lowest BCUT2D eigenvalue weighted by Crippen LogP contribution is -2.40. The van der Waals surface area contributed by atoms with Crippen LogP contribution in [0.25, 0.3) is 21.9 Å². The summed E-state index contributed by atoms with van der Waals surface area (Å²) in [6.45, 7) is 2.18. The Balaban J connectivity index is 1.17. The second-order valence-corrected chi connectivity index (χ2v) is 10.0. The molecule has 40 heavy (non-hydrogen) atoms. The van der Waals surface area contributed by atoms with Gasteiger partial charge in [0.1, 0.15) is 5.82 Å². The maximum absolute atomic E-state index is 13.4. The number of nitrogens with one attached hydrogen (secondary N) is 1. The molecule has 0 radical (unpaired) electrons. The molecule has 6 rings (SSSR count). The lowest BCUT2D eigenvalue weighted by Gasteiger charge is -2.32. The third kappa shape index (κ3) is 4.98. The molecular weight excluding hydrogens is 515 g/mol. The van der Waals surface area contributed by atoms with Gasteiger partial charge in [-0.05, 0) is 60.9 Å². The number of carboxylic acids is 1. The molecule has 1 aliphatic rings. The number of hydrogen-bond acceptors (Lipinski definition) is 7. The van der Waals surface area contributed by atoms with Gasteiger partial charge in [0.25, 0.3) is 5.56 Å². The van der Waals surface area contributed by atoms with Crippen LogP contribution in [0.4, 0.5) is 10.3 Å². The summed E-state index contributed by atoms with van der Waals surface area (Å²) in [5, 5.41) is 23.5. The van der Waals surface area contributed by atoms with Gasteiger partial charge < -0.3 is 20.2 Å². The van der Waals surface area contributed by atoms with Crippen molar-refractivity contribution in [3.8, 4) is 0 Å². The minimum Gasteiger partial charge on any atom is -0.478 e. The Morgan fingerprint density at radius 2 is 1.73 bits per heavy atom. The van der Waals surface area contributed by atoms with Crippen molar-refractivity contribution < 1.29 is 19.5 Å². The summed E-state index contributed by atoms with van der Waals surface area (Å²) in [5.41, 5.74) is 2.46. The Morgan fingerprint density at radius 1 is 0.975 bits per heavy atom. The molecule has 1 saturated heterocycles. The number of benzene rings is 3. The first-order chi connectivity index (χ1) is 19.4. The van der Waals surface area contributed by atoms with E-state index in [9.17, 15) is 24.3 Å². The maximum atomic E-state index is 13.4. The predicted molar refractivity (Wildman–Crippen MR) is 147 cm³/mol. The number of imidazole rings is 1. The average Bonchev–Trinajstić information content (AvgIpc) is 3.30. The molecule has 3 aromatic carbocycles. The van der Waals surface area contributed by atoms with Gasteiger partial charge in [0.15, 0.2) is 5.82 Å². The molecule has 1 fully saturated rings. The molecule has 5 aromatic rings. The van der Waals surface area contributed by atoms with E-state index in [4.69, 9.17) is 4.98 Å². The molecule has 1 aliphatic heterocycles. The highest BCUT2D eigenvalue weighted by Gasteiger charge is 2.23. The molecule has 0 aliphatic carbocycles. The Bertz CT molecular complexity index is 1770. The van der Waals surface area contributed by atoms with E-state index in [0.717, 1.165) is 35.4 Å². The minimum absolute atomic E-state index is 0.0263.